The number of benzene rings is 1. The van der Waals surface area contributed by atoms with Gasteiger partial charge < -0.3 is 4.42 Å². The molecule has 0 N–H and O–H groups in total. The van der Waals surface area contributed by atoms with Crippen molar-refractivity contribution in [3.8, 4) is 5.69 Å². The van der Waals surface area contributed by atoms with Crippen LogP contribution in [-0.2, 0) is 6.42 Å². The van der Waals surface area contributed by atoms with Gasteiger partial charge in [-0.15, -0.1) is 0 Å². The van der Waals surface area contributed by atoms with E-state index < -0.39 is 0 Å². The molecule has 4 aromatic rings. The van der Waals surface area contributed by atoms with Gasteiger partial charge in [0.2, 0.25) is 5.89 Å². The summed E-state index contributed by atoms with van der Waals surface area (Å²) >= 11 is 0. The summed E-state index contributed by atoms with van der Waals surface area (Å²) in [5.74, 6) is 2.92. The standard InChI is InChI=1S/C19H17N5O/c1-12-11-20-9-8-15(12)24-17(22-19(23-24)13-6-7-13)10-18-21-14-4-2-3-5-16(14)25-18/h2-5,8-9,11,13H,6-7,10H2,1H3. The van der Waals surface area contributed by atoms with Crippen LogP contribution in [0.4, 0.5) is 0 Å². The first kappa shape index (κ1) is 14.3. The molecule has 0 atom stereocenters. The second kappa shape index (κ2) is 5.51. The molecule has 1 saturated carbocycles. The Bertz CT molecular complexity index is 1030. The summed E-state index contributed by atoms with van der Waals surface area (Å²) in [4.78, 5) is 13.5. The van der Waals surface area contributed by atoms with Gasteiger partial charge in [-0.25, -0.2) is 14.6 Å². The molecular formula is C19H17N5O. The highest BCUT2D eigenvalue weighted by Gasteiger charge is 2.29. The van der Waals surface area contributed by atoms with Crippen LogP contribution in [0.25, 0.3) is 16.8 Å². The predicted molar refractivity (Wildman–Crippen MR) is 92.7 cm³/mol. The van der Waals surface area contributed by atoms with Gasteiger partial charge in [0.25, 0.3) is 0 Å². The van der Waals surface area contributed by atoms with Crippen LogP contribution in [0.2, 0.25) is 0 Å². The molecule has 124 valence electrons. The molecule has 1 aromatic carbocycles. The summed E-state index contributed by atoms with van der Waals surface area (Å²) in [7, 11) is 0. The lowest BCUT2D eigenvalue weighted by Crippen LogP contribution is -2.06. The molecule has 1 fully saturated rings. The topological polar surface area (TPSA) is 69.6 Å². The van der Waals surface area contributed by atoms with Gasteiger partial charge in [0, 0.05) is 18.3 Å². The number of oxazole rings is 1. The van der Waals surface area contributed by atoms with E-state index in [0.29, 0.717) is 18.2 Å². The molecular weight excluding hydrogens is 314 g/mol. The number of aromatic nitrogens is 5. The zero-order valence-electron chi connectivity index (χ0n) is 13.9. The molecule has 5 rings (SSSR count). The van der Waals surface area contributed by atoms with Crippen LogP contribution in [0, 0.1) is 6.92 Å². The van der Waals surface area contributed by atoms with Crippen LogP contribution >= 0.6 is 0 Å². The van der Waals surface area contributed by atoms with Crippen molar-refractivity contribution < 1.29 is 4.42 Å². The second-order valence-electron chi connectivity index (χ2n) is 6.49. The van der Waals surface area contributed by atoms with Gasteiger partial charge >= 0.3 is 0 Å². The molecule has 6 nitrogen and oxygen atoms in total. The third-order valence-corrected chi connectivity index (χ3v) is 4.50. The van der Waals surface area contributed by atoms with E-state index >= 15 is 0 Å². The van der Waals surface area contributed by atoms with Gasteiger partial charge in [0.1, 0.15) is 11.3 Å². The first-order valence-corrected chi connectivity index (χ1v) is 8.49. The van der Waals surface area contributed by atoms with Crippen LogP contribution in [0.1, 0.15) is 41.9 Å². The van der Waals surface area contributed by atoms with E-state index in [2.05, 4.69) is 9.97 Å². The lowest BCUT2D eigenvalue weighted by Gasteiger charge is -2.07. The van der Waals surface area contributed by atoms with Gasteiger partial charge in [-0.1, -0.05) is 12.1 Å². The molecule has 25 heavy (non-hydrogen) atoms. The number of fused-ring (bicyclic) bond motifs is 1. The van der Waals surface area contributed by atoms with E-state index in [0.717, 1.165) is 34.0 Å². The van der Waals surface area contributed by atoms with Crippen LogP contribution in [0.3, 0.4) is 0 Å². The average Bonchev–Trinajstić information content (AvgIpc) is 3.26. The zero-order valence-corrected chi connectivity index (χ0v) is 13.9. The minimum absolute atomic E-state index is 0.491. The highest BCUT2D eigenvalue weighted by atomic mass is 16.3. The van der Waals surface area contributed by atoms with Gasteiger partial charge in [0.05, 0.1) is 12.1 Å². The Labute approximate surface area is 144 Å². The van der Waals surface area contributed by atoms with Crippen molar-refractivity contribution in [2.75, 3.05) is 0 Å². The molecule has 0 unspecified atom stereocenters. The van der Waals surface area contributed by atoms with E-state index in [1.165, 1.54) is 12.8 Å². The minimum atomic E-state index is 0.491. The van der Waals surface area contributed by atoms with E-state index in [4.69, 9.17) is 14.5 Å². The molecule has 3 aromatic heterocycles. The largest absolute Gasteiger partial charge is 0.440 e. The zero-order chi connectivity index (χ0) is 16.8. The molecule has 3 heterocycles. The van der Waals surface area contributed by atoms with Crippen molar-refractivity contribution in [3.63, 3.8) is 0 Å². The van der Waals surface area contributed by atoms with Gasteiger partial charge in [-0.05, 0) is 43.5 Å². The van der Waals surface area contributed by atoms with Crippen molar-refractivity contribution in [2.24, 2.45) is 0 Å². The molecule has 0 radical (unpaired) electrons. The molecule has 1 aliphatic carbocycles. The van der Waals surface area contributed by atoms with Crippen molar-refractivity contribution in [2.45, 2.75) is 32.1 Å². The second-order valence-corrected chi connectivity index (χ2v) is 6.49. The Morgan fingerprint density at radius 2 is 2.04 bits per heavy atom. The molecule has 0 aliphatic heterocycles. The first-order valence-electron chi connectivity index (χ1n) is 8.49. The number of para-hydroxylation sites is 2. The number of nitrogens with zero attached hydrogens (tertiary/aromatic N) is 5. The maximum Gasteiger partial charge on any atom is 0.203 e. The lowest BCUT2D eigenvalue weighted by atomic mass is 10.2. The van der Waals surface area contributed by atoms with Gasteiger partial charge in [-0.2, -0.15) is 5.10 Å². The van der Waals surface area contributed by atoms with Gasteiger partial charge in [0.15, 0.2) is 11.4 Å². The fourth-order valence-corrected chi connectivity index (χ4v) is 3.02. The Kier molecular flexibility index (Phi) is 3.16. The summed E-state index contributed by atoms with van der Waals surface area (Å²) in [5.41, 5.74) is 3.73. The van der Waals surface area contributed by atoms with E-state index in [1.54, 1.807) is 6.20 Å². The Balaban J connectivity index is 1.58. The summed E-state index contributed by atoms with van der Waals surface area (Å²) in [6.07, 6.45) is 6.47. The highest BCUT2D eigenvalue weighted by molar-refractivity contribution is 5.72. The number of hydrogen-bond donors (Lipinski definition) is 0. The summed E-state index contributed by atoms with van der Waals surface area (Å²) in [6.45, 7) is 2.03. The summed E-state index contributed by atoms with van der Waals surface area (Å²) in [5, 5.41) is 4.76. The van der Waals surface area contributed by atoms with E-state index in [9.17, 15) is 0 Å². The van der Waals surface area contributed by atoms with Crippen molar-refractivity contribution in [1.29, 1.82) is 0 Å². The van der Waals surface area contributed by atoms with Crippen molar-refractivity contribution >= 4 is 11.1 Å². The smallest absolute Gasteiger partial charge is 0.203 e. The minimum Gasteiger partial charge on any atom is -0.440 e. The monoisotopic (exact) mass is 331 g/mol. The maximum absolute atomic E-state index is 5.87. The average molecular weight is 331 g/mol. The van der Waals surface area contributed by atoms with Crippen LogP contribution in [0.5, 0.6) is 0 Å². The number of aryl methyl sites for hydroxylation is 1. The molecule has 0 saturated heterocycles. The third-order valence-electron chi connectivity index (χ3n) is 4.50. The molecule has 0 amide bonds. The summed E-state index contributed by atoms with van der Waals surface area (Å²) in [6, 6.07) is 9.76. The SMILES string of the molecule is Cc1cnccc1-n1nc(C2CC2)nc1Cc1nc2ccccc2o1. The summed E-state index contributed by atoms with van der Waals surface area (Å²) < 4.78 is 7.79. The number of pyridine rings is 1. The molecule has 6 heteroatoms. The maximum atomic E-state index is 5.87. The van der Waals surface area contributed by atoms with Crippen molar-refractivity contribution in [3.05, 3.63) is 65.8 Å². The lowest BCUT2D eigenvalue weighted by molar-refractivity contribution is 0.536. The van der Waals surface area contributed by atoms with Crippen LogP contribution in [0.15, 0.2) is 47.1 Å². The van der Waals surface area contributed by atoms with E-state index in [-0.39, 0.29) is 0 Å². The highest BCUT2D eigenvalue weighted by Crippen LogP contribution is 2.38. The Morgan fingerprint density at radius 3 is 2.84 bits per heavy atom. The van der Waals surface area contributed by atoms with Crippen LogP contribution in [-0.4, -0.2) is 24.7 Å². The number of hydrogen-bond acceptors (Lipinski definition) is 5. The quantitative estimate of drug-likeness (QED) is 0.571. The van der Waals surface area contributed by atoms with E-state index in [1.807, 2.05) is 48.1 Å². The molecule has 1 aliphatic rings. The third kappa shape index (κ3) is 2.59. The Morgan fingerprint density at radius 1 is 1.16 bits per heavy atom. The predicted octanol–water partition coefficient (Wildman–Crippen LogP) is 3.58. The normalized spacial score (nSPS) is 14.3. The first-order chi connectivity index (χ1) is 12.3. The number of rotatable bonds is 4. The fraction of sp³-hybridized carbons (Fsp3) is 0.263. The molecule has 0 bridgehead atoms. The van der Waals surface area contributed by atoms with Gasteiger partial charge in [-0.3, -0.25) is 4.98 Å². The van der Waals surface area contributed by atoms with Crippen LogP contribution < -0.4 is 0 Å². The fourth-order valence-electron chi connectivity index (χ4n) is 3.02. The van der Waals surface area contributed by atoms with Crippen molar-refractivity contribution in [1.82, 2.24) is 24.7 Å². The Hall–Kier alpha value is -3.02. The molecule has 0 spiro atoms.